The molecule has 2 heteroatoms. The van der Waals surface area contributed by atoms with E-state index in [1.165, 1.54) is 0 Å². The quantitative estimate of drug-likeness (QED) is 0.486. The Morgan fingerprint density at radius 1 is 1.38 bits per heavy atom. The second-order valence-corrected chi connectivity index (χ2v) is 1.46. The molecule has 0 N–H and O–H groups in total. The Labute approximate surface area is 54.5 Å². The summed E-state index contributed by atoms with van der Waals surface area (Å²) in [5.74, 6) is 0.197. The third kappa shape index (κ3) is 1.94. The highest BCUT2D eigenvalue weighted by atomic mass is 35.5. The lowest BCUT2D eigenvalue weighted by molar-refractivity contribution is -0.113. The zero-order valence-corrected chi connectivity index (χ0v) is 5.15. The van der Waals surface area contributed by atoms with E-state index in [0.717, 1.165) is 0 Å². The van der Waals surface area contributed by atoms with Crippen molar-refractivity contribution in [3.8, 4) is 0 Å². The lowest BCUT2D eigenvalue weighted by Gasteiger charge is -1.88. The second-order valence-electron chi connectivity index (χ2n) is 1.46. The van der Waals surface area contributed by atoms with Crippen molar-refractivity contribution in [1.82, 2.24) is 0 Å². The fourth-order valence-electron chi connectivity index (χ4n) is 0.494. The summed E-state index contributed by atoms with van der Waals surface area (Å²) < 4.78 is 0. The first-order valence-corrected chi connectivity index (χ1v) is 2.25. The van der Waals surface area contributed by atoms with E-state index in [0.29, 0.717) is 6.42 Å². The van der Waals surface area contributed by atoms with E-state index in [9.17, 15) is 4.79 Å². The number of allylic oxidation sites excluding steroid dienone is 4. The van der Waals surface area contributed by atoms with E-state index in [2.05, 4.69) is 0 Å². The van der Waals surface area contributed by atoms with Gasteiger partial charge in [-0.3, -0.25) is 4.79 Å². The number of carbonyl (C=O) groups excluding carboxylic acids is 1. The summed E-state index contributed by atoms with van der Waals surface area (Å²) >= 11 is 0. The molecule has 0 saturated carbocycles. The van der Waals surface area contributed by atoms with Crippen molar-refractivity contribution in [2.24, 2.45) is 0 Å². The third-order valence-corrected chi connectivity index (χ3v) is 0.848. The van der Waals surface area contributed by atoms with Gasteiger partial charge in [0.2, 0.25) is 0 Å². The van der Waals surface area contributed by atoms with Crippen LogP contribution in [0.4, 0.5) is 0 Å². The first-order chi connectivity index (χ1) is 3.39. The minimum Gasteiger partial charge on any atom is -0.295 e. The predicted octanol–water partition coefficient (Wildman–Crippen LogP) is 1.49. The first kappa shape index (κ1) is 7.44. The molecule has 1 nitrogen and oxygen atoms in total. The molecule has 1 aliphatic rings. The van der Waals surface area contributed by atoms with Crippen LogP contribution in [-0.2, 0) is 4.79 Å². The summed E-state index contributed by atoms with van der Waals surface area (Å²) in [6.07, 6.45) is 7.64. The molecule has 0 unspecified atom stereocenters. The van der Waals surface area contributed by atoms with Crippen molar-refractivity contribution in [2.45, 2.75) is 6.42 Å². The summed E-state index contributed by atoms with van der Waals surface area (Å²) in [4.78, 5) is 10.3. The molecule has 0 aromatic heterocycles. The summed E-state index contributed by atoms with van der Waals surface area (Å²) in [5.41, 5.74) is 0. The molecule has 0 aromatic rings. The second kappa shape index (κ2) is 3.44. The monoisotopic (exact) mass is 130 g/mol. The summed E-state index contributed by atoms with van der Waals surface area (Å²) in [5, 5.41) is 0. The number of carbonyl (C=O) groups is 1. The van der Waals surface area contributed by atoms with Gasteiger partial charge in [0, 0.05) is 6.42 Å². The Morgan fingerprint density at radius 3 is 2.38 bits per heavy atom. The van der Waals surface area contributed by atoms with Crippen molar-refractivity contribution in [3.05, 3.63) is 24.3 Å². The molecular weight excluding hydrogens is 124 g/mol. The van der Waals surface area contributed by atoms with Crippen LogP contribution in [0.1, 0.15) is 6.42 Å². The maximum absolute atomic E-state index is 10.3. The van der Waals surface area contributed by atoms with Crippen molar-refractivity contribution < 1.29 is 4.79 Å². The predicted molar refractivity (Wildman–Crippen MR) is 35.2 cm³/mol. The zero-order valence-electron chi connectivity index (χ0n) is 4.33. The summed E-state index contributed by atoms with van der Waals surface area (Å²) in [7, 11) is 0. The van der Waals surface area contributed by atoms with Crippen LogP contribution in [0.15, 0.2) is 24.3 Å². The molecule has 0 fully saturated rings. The van der Waals surface area contributed by atoms with Gasteiger partial charge in [0.05, 0.1) is 0 Å². The molecule has 8 heavy (non-hydrogen) atoms. The molecule has 1 aliphatic carbocycles. The van der Waals surface area contributed by atoms with Gasteiger partial charge in [0.25, 0.3) is 0 Å². The number of ketones is 1. The van der Waals surface area contributed by atoms with Gasteiger partial charge in [0.1, 0.15) is 0 Å². The van der Waals surface area contributed by atoms with Gasteiger partial charge in [-0.1, -0.05) is 18.2 Å². The molecule has 0 radical (unpaired) electrons. The van der Waals surface area contributed by atoms with Gasteiger partial charge in [-0.25, -0.2) is 0 Å². The maximum Gasteiger partial charge on any atom is 0.159 e. The van der Waals surface area contributed by atoms with E-state index >= 15 is 0 Å². The smallest absolute Gasteiger partial charge is 0.159 e. The van der Waals surface area contributed by atoms with Crippen molar-refractivity contribution in [1.29, 1.82) is 0 Å². The molecule has 0 amide bonds. The Kier molecular flexibility index (Phi) is 3.20. The Hall–Kier alpha value is -0.560. The molecule has 0 aliphatic heterocycles. The molecule has 0 heterocycles. The molecule has 0 bridgehead atoms. The molecule has 0 aromatic carbocycles. The van der Waals surface area contributed by atoms with Crippen LogP contribution in [0.5, 0.6) is 0 Å². The Morgan fingerprint density at radius 2 is 2.12 bits per heavy atom. The van der Waals surface area contributed by atoms with E-state index in [4.69, 9.17) is 0 Å². The van der Waals surface area contributed by atoms with Crippen LogP contribution in [-0.4, -0.2) is 5.78 Å². The molecule has 0 spiro atoms. The average Bonchev–Trinajstić information content (AvgIpc) is 1.69. The van der Waals surface area contributed by atoms with Gasteiger partial charge in [-0.15, -0.1) is 12.4 Å². The number of hydrogen-bond donors (Lipinski definition) is 0. The highest BCUT2D eigenvalue weighted by molar-refractivity contribution is 5.92. The minimum absolute atomic E-state index is 0. The standard InChI is InChI=1S/C6H6O.ClH/c7-6-4-2-1-3-5-6;/h1-4H,5H2;1H. The molecule has 1 rings (SSSR count). The van der Waals surface area contributed by atoms with Crippen molar-refractivity contribution in [2.75, 3.05) is 0 Å². The highest BCUT2D eigenvalue weighted by Gasteiger charge is 1.92. The Bertz CT molecular complexity index is 135. The van der Waals surface area contributed by atoms with Crippen LogP contribution in [0.3, 0.4) is 0 Å². The molecule has 0 saturated heterocycles. The van der Waals surface area contributed by atoms with Crippen LogP contribution < -0.4 is 0 Å². The van der Waals surface area contributed by atoms with E-state index in [1.807, 2.05) is 12.2 Å². The lowest BCUT2D eigenvalue weighted by atomic mass is 10.2. The average molecular weight is 131 g/mol. The van der Waals surface area contributed by atoms with Crippen molar-refractivity contribution in [3.63, 3.8) is 0 Å². The van der Waals surface area contributed by atoms with E-state index in [1.54, 1.807) is 12.2 Å². The first-order valence-electron chi connectivity index (χ1n) is 2.25. The molecular formula is C6H7ClO. The fourth-order valence-corrected chi connectivity index (χ4v) is 0.494. The zero-order chi connectivity index (χ0) is 5.11. The largest absolute Gasteiger partial charge is 0.295 e. The van der Waals surface area contributed by atoms with Gasteiger partial charge in [0.15, 0.2) is 5.78 Å². The molecule has 0 atom stereocenters. The van der Waals surface area contributed by atoms with Crippen LogP contribution in [0.2, 0.25) is 0 Å². The van der Waals surface area contributed by atoms with Gasteiger partial charge >= 0.3 is 0 Å². The van der Waals surface area contributed by atoms with Gasteiger partial charge < -0.3 is 0 Å². The number of rotatable bonds is 0. The van der Waals surface area contributed by atoms with Gasteiger partial charge in [-0.2, -0.15) is 0 Å². The SMILES string of the molecule is Cl.O=C1C=CC=CC1. The minimum atomic E-state index is 0. The van der Waals surface area contributed by atoms with Crippen LogP contribution in [0, 0.1) is 0 Å². The third-order valence-electron chi connectivity index (χ3n) is 0.848. The summed E-state index contributed by atoms with van der Waals surface area (Å²) in [6, 6.07) is 0. The van der Waals surface area contributed by atoms with Crippen LogP contribution in [0.25, 0.3) is 0 Å². The Balaban J connectivity index is 0.000000490. The summed E-state index contributed by atoms with van der Waals surface area (Å²) in [6.45, 7) is 0. The number of hydrogen-bond acceptors (Lipinski definition) is 1. The van der Waals surface area contributed by atoms with E-state index < -0.39 is 0 Å². The van der Waals surface area contributed by atoms with Crippen LogP contribution >= 0.6 is 12.4 Å². The highest BCUT2D eigenvalue weighted by Crippen LogP contribution is 1.94. The van der Waals surface area contributed by atoms with Crippen molar-refractivity contribution >= 4 is 18.2 Å². The fraction of sp³-hybridized carbons (Fsp3) is 0.167. The normalized spacial score (nSPS) is 15.8. The number of halogens is 1. The topological polar surface area (TPSA) is 17.1 Å². The van der Waals surface area contributed by atoms with Gasteiger partial charge in [-0.05, 0) is 6.08 Å². The maximum atomic E-state index is 10.3. The van der Waals surface area contributed by atoms with E-state index in [-0.39, 0.29) is 18.2 Å². The lowest BCUT2D eigenvalue weighted by Crippen LogP contribution is -1.90. The molecule has 44 valence electrons.